The van der Waals surface area contributed by atoms with Crippen LogP contribution in [0.5, 0.6) is 5.75 Å². The minimum absolute atomic E-state index is 0.143. The molecule has 0 saturated carbocycles. The van der Waals surface area contributed by atoms with Gasteiger partial charge in [-0.2, -0.15) is 5.10 Å². The molecule has 0 fully saturated rings. The molecule has 1 aromatic carbocycles. The number of benzene rings is 1. The molecule has 3 rings (SSSR count). The molecule has 0 aliphatic carbocycles. The molecule has 0 aliphatic heterocycles. The van der Waals surface area contributed by atoms with Gasteiger partial charge in [-0.1, -0.05) is 0 Å². The van der Waals surface area contributed by atoms with E-state index in [9.17, 15) is 8.78 Å². The van der Waals surface area contributed by atoms with Gasteiger partial charge in [0.1, 0.15) is 17.8 Å². The first kappa shape index (κ1) is 12.3. The van der Waals surface area contributed by atoms with Crippen molar-refractivity contribution in [3.05, 3.63) is 30.1 Å². The highest BCUT2D eigenvalue weighted by molar-refractivity contribution is 5.98. The molecule has 20 heavy (non-hydrogen) atoms. The molecule has 0 aliphatic rings. The van der Waals surface area contributed by atoms with E-state index in [2.05, 4.69) is 15.1 Å². The summed E-state index contributed by atoms with van der Waals surface area (Å²) in [5, 5.41) is 13.7. The standard InChI is InChI=1S/C12H9F2N5O/c1-19-12-8(11(15)16-4-17-12)9(18-19)5-2-6(13)10(20)7(14)3-5/h2-4,20H,1H3,(H2,15,16,17). The highest BCUT2D eigenvalue weighted by atomic mass is 19.1. The van der Waals surface area contributed by atoms with Crippen LogP contribution in [0.2, 0.25) is 0 Å². The zero-order chi connectivity index (χ0) is 14.4. The number of nitrogen functional groups attached to an aromatic ring is 1. The molecular weight excluding hydrogens is 268 g/mol. The molecule has 3 aromatic rings. The third kappa shape index (κ3) is 1.65. The molecule has 0 radical (unpaired) electrons. The summed E-state index contributed by atoms with van der Waals surface area (Å²) in [7, 11) is 1.63. The molecule has 0 amide bonds. The van der Waals surface area contributed by atoms with Crippen LogP contribution in [0, 0.1) is 11.6 Å². The number of halogens is 2. The van der Waals surface area contributed by atoms with Crippen molar-refractivity contribution < 1.29 is 13.9 Å². The van der Waals surface area contributed by atoms with Crippen LogP contribution in [-0.2, 0) is 7.05 Å². The number of hydrogen-bond donors (Lipinski definition) is 2. The highest BCUT2D eigenvalue weighted by Crippen LogP contribution is 2.32. The number of nitrogens with two attached hydrogens (primary N) is 1. The summed E-state index contributed by atoms with van der Waals surface area (Å²) in [6.07, 6.45) is 1.28. The van der Waals surface area contributed by atoms with Crippen LogP contribution in [0.25, 0.3) is 22.3 Å². The lowest BCUT2D eigenvalue weighted by Crippen LogP contribution is -1.95. The fraction of sp³-hybridized carbons (Fsp3) is 0.0833. The average Bonchev–Trinajstić information content (AvgIpc) is 2.75. The van der Waals surface area contributed by atoms with Crippen LogP contribution in [0.4, 0.5) is 14.6 Å². The number of rotatable bonds is 1. The number of anilines is 1. The van der Waals surface area contributed by atoms with Gasteiger partial charge in [0.15, 0.2) is 23.0 Å². The molecule has 8 heteroatoms. The molecule has 102 valence electrons. The van der Waals surface area contributed by atoms with E-state index >= 15 is 0 Å². The Kier molecular flexibility index (Phi) is 2.53. The summed E-state index contributed by atoms with van der Waals surface area (Å²) < 4.78 is 28.3. The lowest BCUT2D eigenvalue weighted by Gasteiger charge is -2.02. The van der Waals surface area contributed by atoms with Crippen molar-refractivity contribution in [3.63, 3.8) is 0 Å². The van der Waals surface area contributed by atoms with E-state index in [1.54, 1.807) is 7.05 Å². The second-order valence-corrected chi connectivity index (χ2v) is 4.22. The van der Waals surface area contributed by atoms with Crippen molar-refractivity contribution in [3.8, 4) is 17.0 Å². The van der Waals surface area contributed by atoms with E-state index in [-0.39, 0.29) is 17.1 Å². The number of aryl methyl sites for hydroxylation is 1. The largest absolute Gasteiger partial charge is 0.503 e. The number of aromatic nitrogens is 4. The summed E-state index contributed by atoms with van der Waals surface area (Å²) in [4.78, 5) is 7.87. The van der Waals surface area contributed by atoms with E-state index in [1.165, 1.54) is 11.0 Å². The first-order valence-electron chi connectivity index (χ1n) is 5.60. The summed E-state index contributed by atoms with van der Waals surface area (Å²) in [5.74, 6) is -3.02. The smallest absolute Gasteiger partial charge is 0.187 e. The molecule has 2 aromatic heterocycles. The predicted molar refractivity (Wildman–Crippen MR) is 67.7 cm³/mol. The fourth-order valence-electron chi connectivity index (χ4n) is 2.01. The predicted octanol–water partition coefficient (Wildman–Crippen LogP) is 1.60. The van der Waals surface area contributed by atoms with E-state index in [4.69, 9.17) is 10.8 Å². The van der Waals surface area contributed by atoms with Crippen molar-refractivity contribution in [2.75, 3.05) is 5.73 Å². The van der Waals surface area contributed by atoms with Gasteiger partial charge in [0, 0.05) is 12.6 Å². The second-order valence-electron chi connectivity index (χ2n) is 4.22. The van der Waals surface area contributed by atoms with Crippen molar-refractivity contribution in [2.24, 2.45) is 7.05 Å². The first-order chi connectivity index (χ1) is 9.49. The second kappa shape index (κ2) is 4.12. The van der Waals surface area contributed by atoms with Crippen LogP contribution in [0.1, 0.15) is 0 Å². The van der Waals surface area contributed by atoms with Crippen molar-refractivity contribution >= 4 is 16.9 Å². The van der Waals surface area contributed by atoms with Gasteiger partial charge >= 0.3 is 0 Å². The molecule has 0 atom stereocenters. The van der Waals surface area contributed by atoms with E-state index in [0.717, 1.165) is 12.1 Å². The Balaban J connectivity index is 2.36. The lowest BCUT2D eigenvalue weighted by atomic mass is 10.1. The SMILES string of the molecule is Cn1nc(-c2cc(F)c(O)c(F)c2)c2c(N)ncnc21. The van der Waals surface area contributed by atoms with Crippen molar-refractivity contribution in [2.45, 2.75) is 0 Å². The zero-order valence-electron chi connectivity index (χ0n) is 10.3. The Morgan fingerprint density at radius 1 is 1.20 bits per heavy atom. The van der Waals surface area contributed by atoms with Crippen LogP contribution in [-0.4, -0.2) is 24.9 Å². The number of phenols is 1. The Morgan fingerprint density at radius 3 is 2.50 bits per heavy atom. The van der Waals surface area contributed by atoms with Gasteiger partial charge < -0.3 is 10.8 Å². The zero-order valence-corrected chi connectivity index (χ0v) is 10.3. The third-order valence-electron chi connectivity index (χ3n) is 2.94. The Bertz CT molecular complexity index is 807. The van der Waals surface area contributed by atoms with Gasteiger partial charge in [0.2, 0.25) is 0 Å². The van der Waals surface area contributed by atoms with Gasteiger partial charge in [0.25, 0.3) is 0 Å². The van der Waals surface area contributed by atoms with Crippen molar-refractivity contribution in [1.29, 1.82) is 0 Å². The van der Waals surface area contributed by atoms with Gasteiger partial charge in [0.05, 0.1) is 5.39 Å². The van der Waals surface area contributed by atoms with Crippen LogP contribution < -0.4 is 5.73 Å². The number of hydrogen-bond acceptors (Lipinski definition) is 5. The van der Waals surface area contributed by atoms with E-state index < -0.39 is 17.4 Å². The fourth-order valence-corrected chi connectivity index (χ4v) is 2.01. The molecule has 2 heterocycles. The summed E-state index contributed by atoms with van der Waals surface area (Å²) in [6, 6.07) is 1.96. The monoisotopic (exact) mass is 277 g/mol. The Hall–Kier alpha value is -2.77. The third-order valence-corrected chi connectivity index (χ3v) is 2.94. The topological polar surface area (TPSA) is 89.8 Å². The van der Waals surface area contributed by atoms with Crippen molar-refractivity contribution in [1.82, 2.24) is 19.7 Å². The maximum Gasteiger partial charge on any atom is 0.187 e. The van der Waals surface area contributed by atoms with E-state index in [0.29, 0.717) is 11.0 Å². The molecule has 3 N–H and O–H groups in total. The maximum absolute atomic E-state index is 13.4. The van der Waals surface area contributed by atoms with E-state index in [1.807, 2.05) is 0 Å². The lowest BCUT2D eigenvalue weighted by molar-refractivity contribution is 0.396. The maximum atomic E-state index is 13.4. The van der Waals surface area contributed by atoms with Crippen LogP contribution >= 0.6 is 0 Å². The number of nitrogens with zero attached hydrogens (tertiary/aromatic N) is 4. The normalized spacial score (nSPS) is 11.2. The number of phenolic OH excluding ortho intramolecular Hbond substituents is 1. The Morgan fingerprint density at radius 2 is 1.85 bits per heavy atom. The van der Waals surface area contributed by atoms with Gasteiger partial charge in [-0.3, -0.25) is 0 Å². The molecular formula is C12H9F2N5O. The molecule has 6 nitrogen and oxygen atoms in total. The quantitative estimate of drug-likeness (QED) is 0.705. The van der Waals surface area contributed by atoms with Gasteiger partial charge in [-0.05, 0) is 12.1 Å². The molecule has 0 spiro atoms. The first-order valence-corrected chi connectivity index (χ1v) is 5.60. The van der Waals surface area contributed by atoms with Gasteiger partial charge in [-0.25, -0.2) is 23.4 Å². The van der Waals surface area contributed by atoms with Crippen LogP contribution in [0.15, 0.2) is 18.5 Å². The summed E-state index contributed by atoms with van der Waals surface area (Å²) in [6.45, 7) is 0. The number of fused-ring (bicyclic) bond motifs is 1. The number of aromatic hydroxyl groups is 1. The molecule has 0 saturated heterocycles. The summed E-state index contributed by atoms with van der Waals surface area (Å²) in [5.41, 5.74) is 6.61. The van der Waals surface area contributed by atoms with Crippen LogP contribution in [0.3, 0.4) is 0 Å². The highest BCUT2D eigenvalue weighted by Gasteiger charge is 2.18. The molecule has 0 unspecified atom stereocenters. The minimum atomic E-state index is -1.07. The average molecular weight is 277 g/mol. The molecule has 0 bridgehead atoms. The minimum Gasteiger partial charge on any atom is -0.503 e. The Labute approximate surface area is 111 Å². The summed E-state index contributed by atoms with van der Waals surface area (Å²) >= 11 is 0. The van der Waals surface area contributed by atoms with Gasteiger partial charge in [-0.15, -0.1) is 0 Å².